The van der Waals surface area contributed by atoms with Crippen LogP contribution in [-0.2, 0) is 6.42 Å². The van der Waals surface area contributed by atoms with Crippen molar-refractivity contribution >= 4 is 28.7 Å². The quantitative estimate of drug-likeness (QED) is 0.548. The number of benzene rings is 1. The molecule has 2 heterocycles. The van der Waals surface area contributed by atoms with Gasteiger partial charge in [0.1, 0.15) is 0 Å². The van der Waals surface area contributed by atoms with Crippen LogP contribution in [0.1, 0.15) is 42.9 Å². The maximum atomic E-state index is 6.26. The smallest absolute Gasteiger partial charge is 0.0994 e. The highest BCUT2D eigenvalue weighted by Crippen LogP contribution is 2.37. The second-order valence-corrected chi connectivity index (χ2v) is 7.70. The Bertz CT molecular complexity index is 830. The van der Waals surface area contributed by atoms with Gasteiger partial charge in [-0.15, -0.1) is 0 Å². The lowest BCUT2D eigenvalue weighted by atomic mass is 9.77. The standard InChI is InChI=1S/C20H20Cl2N2/c21-17-7-5-16(6-8-17)15-3-1-14(2-4-15)9-19-10-18(22)11-20-12-23-13-24(19)20/h5-8,10-15H,1-4,9H2/t14-,15-. The highest BCUT2D eigenvalue weighted by atomic mass is 35.5. The third kappa shape index (κ3) is 3.31. The first kappa shape index (κ1) is 16.0. The number of hydrogen-bond donors (Lipinski definition) is 0. The summed E-state index contributed by atoms with van der Waals surface area (Å²) in [6, 6.07) is 12.4. The van der Waals surface area contributed by atoms with Crippen LogP contribution in [0.25, 0.3) is 5.52 Å². The molecule has 0 bridgehead atoms. The van der Waals surface area contributed by atoms with E-state index >= 15 is 0 Å². The molecule has 2 nitrogen and oxygen atoms in total. The van der Waals surface area contributed by atoms with Crippen LogP contribution in [0.15, 0.2) is 48.9 Å². The van der Waals surface area contributed by atoms with Gasteiger partial charge in [-0.2, -0.15) is 0 Å². The molecule has 1 saturated carbocycles. The monoisotopic (exact) mass is 358 g/mol. The van der Waals surface area contributed by atoms with Gasteiger partial charge in [-0.05, 0) is 73.8 Å². The van der Waals surface area contributed by atoms with Crippen molar-refractivity contribution in [1.29, 1.82) is 0 Å². The van der Waals surface area contributed by atoms with Crippen LogP contribution < -0.4 is 0 Å². The highest BCUT2D eigenvalue weighted by Gasteiger charge is 2.23. The zero-order chi connectivity index (χ0) is 16.5. The summed E-state index contributed by atoms with van der Waals surface area (Å²) in [5.41, 5.74) is 3.77. The molecular formula is C20H20Cl2N2. The molecule has 24 heavy (non-hydrogen) atoms. The van der Waals surface area contributed by atoms with Crippen LogP contribution in [0, 0.1) is 5.92 Å². The van der Waals surface area contributed by atoms with E-state index in [0.717, 1.165) is 27.9 Å². The molecule has 0 unspecified atom stereocenters. The van der Waals surface area contributed by atoms with E-state index in [0.29, 0.717) is 5.92 Å². The Morgan fingerprint density at radius 3 is 2.46 bits per heavy atom. The minimum Gasteiger partial charge on any atom is -0.303 e. The lowest BCUT2D eigenvalue weighted by Gasteiger charge is -2.29. The van der Waals surface area contributed by atoms with Gasteiger partial charge in [0, 0.05) is 15.7 Å². The molecule has 1 fully saturated rings. The summed E-state index contributed by atoms with van der Waals surface area (Å²) in [5, 5.41) is 1.62. The molecule has 4 heteroatoms. The fourth-order valence-corrected chi connectivity index (χ4v) is 4.32. The van der Waals surface area contributed by atoms with Crippen molar-refractivity contribution in [3.05, 3.63) is 70.2 Å². The number of rotatable bonds is 3. The lowest BCUT2D eigenvalue weighted by molar-refractivity contribution is 0.322. The molecule has 3 aromatic rings. The van der Waals surface area contributed by atoms with E-state index in [-0.39, 0.29) is 0 Å². The number of nitrogens with zero attached hydrogens (tertiary/aromatic N) is 2. The van der Waals surface area contributed by atoms with Gasteiger partial charge < -0.3 is 4.40 Å². The molecule has 0 radical (unpaired) electrons. The average molecular weight is 359 g/mol. The third-order valence-electron chi connectivity index (χ3n) is 5.25. The summed E-state index contributed by atoms with van der Waals surface area (Å²) in [4.78, 5) is 4.25. The average Bonchev–Trinajstić information content (AvgIpc) is 3.05. The number of pyridine rings is 1. The van der Waals surface area contributed by atoms with Crippen molar-refractivity contribution < 1.29 is 0 Å². The van der Waals surface area contributed by atoms with Crippen molar-refractivity contribution in [1.82, 2.24) is 9.38 Å². The highest BCUT2D eigenvalue weighted by molar-refractivity contribution is 6.31. The zero-order valence-corrected chi connectivity index (χ0v) is 15.0. The minimum atomic E-state index is 0.672. The summed E-state index contributed by atoms with van der Waals surface area (Å²) >= 11 is 12.3. The van der Waals surface area contributed by atoms with E-state index in [1.807, 2.05) is 30.7 Å². The van der Waals surface area contributed by atoms with E-state index < -0.39 is 0 Å². The Morgan fingerprint density at radius 2 is 1.71 bits per heavy atom. The first-order valence-electron chi connectivity index (χ1n) is 8.55. The van der Waals surface area contributed by atoms with Gasteiger partial charge in [0.25, 0.3) is 0 Å². The molecule has 1 aromatic carbocycles. The van der Waals surface area contributed by atoms with Gasteiger partial charge in [0.15, 0.2) is 0 Å². The third-order valence-corrected chi connectivity index (χ3v) is 5.72. The van der Waals surface area contributed by atoms with Gasteiger partial charge in [-0.3, -0.25) is 0 Å². The predicted molar refractivity (Wildman–Crippen MR) is 100 cm³/mol. The van der Waals surface area contributed by atoms with Crippen LogP contribution in [0.3, 0.4) is 0 Å². The Kier molecular flexibility index (Phi) is 4.51. The second-order valence-electron chi connectivity index (χ2n) is 6.83. The summed E-state index contributed by atoms with van der Waals surface area (Å²) in [5.74, 6) is 1.39. The van der Waals surface area contributed by atoms with Crippen molar-refractivity contribution in [2.75, 3.05) is 0 Å². The summed E-state index contributed by atoms with van der Waals surface area (Å²) < 4.78 is 2.16. The molecule has 124 valence electrons. The zero-order valence-electron chi connectivity index (χ0n) is 13.5. The van der Waals surface area contributed by atoms with Gasteiger partial charge >= 0.3 is 0 Å². The molecule has 2 aromatic heterocycles. The largest absolute Gasteiger partial charge is 0.303 e. The van der Waals surface area contributed by atoms with Crippen molar-refractivity contribution in [2.24, 2.45) is 5.92 Å². The Balaban J connectivity index is 1.44. The molecule has 0 N–H and O–H groups in total. The fraction of sp³-hybridized carbons (Fsp3) is 0.350. The number of imidazole rings is 1. The molecule has 0 atom stereocenters. The minimum absolute atomic E-state index is 0.672. The van der Waals surface area contributed by atoms with E-state index in [2.05, 4.69) is 27.6 Å². The molecule has 4 rings (SSSR count). The first-order chi connectivity index (χ1) is 11.7. The normalized spacial score (nSPS) is 21.2. The van der Waals surface area contributed by atoms with E-state index in [4.69, 9.17) is 23.2 Å². The molecule has 1 aliphatic carbocycles. The summed E-state index contributed by atoms with van der Waals surface area (Å²) in [7, 11) is 0. The lowest BCUT2D eigenvalue weighted by Crippen LogP contribution is -2.16. The molecule has 1 aliphatic rings. The Hall–Kier alpha value is -1.51. The predicted octanol–water partition coefficient (Wildman–Crippen LogP) is 6.16. The van der Waals surface area contributed by atoms with Gasteiger partial charge in [-0.25, -0.2) is 4.98 Å². The van der Waals surface area contributed by atoms with E-state index in [9.17, 15) is 0 Å². The van der Waals surface area contributed by atoms with Crippen LogP contribution in [0.5, 0.6) is 0 Å². The van der Waals surface area contributed by atoms with Crippen LogP contribution in [0.4, 0.5) is 0 Å². The first-order valence-corrected chi connectivity index (χ1v) is 9.30. The molecular weight excluding hydrogens is 339 g/mol. The maximum absolute atomic E-state index is 6.26. The Labute approximate surface area is 152 Å². The summed E-state index contributed by atoms with van der Waals surface area (Å²) in [6.45, 7) is 0. The van der Waals surface area contributed by atoms with Crippen LogP contribution >= 0.6 is 23.2 Å². The molecule has 0 amide bonds. The van der Waals surface area contributed by atoms with Gasteiger partial charge in [-0.1, -0.05) is 35.3 Å². The molecule has 0 saturated heterocycles. The number of hydrogen-bond acceptors (Lipinski definition) is 1. The van der Waals surface area contributed by atoms with Crippen molar-refractivity contribution in [3.63, 3.8) is 0 Å². The number of aromatic nitrogens is 2. The van der Waals surface area contributed by atoms with Crippen LogP contribution in [0.2, 0.25) is 10.0 Å². The fourth-order valence-electron chi connectivity index (χ4n) is 3.95. The summed E-state index contributed by atoms with van der Waals surface area (Å²) in [6.07, 6.45) is 9.85. The number of halogens is 2. The number of fused-ring (bicyclic) bond motifs is 1. The molecule has 0 spiro atoms. The maximum Gasteiger partial charge on any atom is 0.0994 e. The topological polar surface area (TPSA) is 17.3 Å². The second kappa shape index (κ2) is 6.78. The van der Waals surface area contributed by atoms with Crippen molar-refractivity contribution in [2.45, 2.75) is 38.0 Å². The molecule has 0 aliphatic heterocycles. The van der Waals surface area contributed by atoms with Gasteiger partial charge in [0.2, 0.25) is 0 Å². The van der Waals surface area contributed by atoms with Crippen molar-refractivity contribution in [3.8, 4) is 0 Å². The van der Waals surface area contributed by atoms with Gasteiger partial charge in [0.05, 0.1) is 18.0 Å². The van der Waals surface area contributed by atoms with Crippen LogP contribution in [-0.4, -0.2) is 9.38 Å². The van der Waals surface area contributed by atoms with E-state index in [1.54, 1.807) is 0 Å². The SMILES string of the molecule is Clc1ccc([C@H]2CC[C@H](Cc3cc(Cl)cc4cncn34)CC2)cc1. The Morgan fingerprint density at radius 1 is 0.958 bits per heavy atom. The van der Waals surface area contributed by atoms with E-state index in [1.165, 1.54) is 36.9 Å².